The fourth-order valence-electron chi connectivity index (χ4n) is 8.48. The number of nitrogens with one attached hydrogen (secondary N) is 2. The molecule has 0 heterocycles. The molecule has 6 rings (SSSR count). The molecule has 0 spiro atoms. The number of phenolic OH excluding ortho intramolecular Hbond substituents is 1. The van der Waals surface area contributed by atoms with Crippen molar-refractivity contribution < 1.29 is 39.6 Å². The summed E-state index contributed by atoms with van der Waals surface area (Å²) in [5.74, 6) is -5.67. The second kappa shape index (κ2) is 11.1. The Morgan fingerprint density at radius 3 is 2.20 bits per heavy atom. The normalized spacial score (nSPS) is 26.3. The van der Waals surface area contributed by atoms with Crippen molar-refractivity contribution in [2.45, 2.75) is 38.3 Å². The number of primary amides is 1. The number of aliphatic hydroxyl groups is 3. The number of ketones is 2. The number of rotatable bonds is 5. The number of fused-ring (bicyclic) bond motifs is 4. The molecule has 49 heavy (non-hydrogen) atoms. The van der Waals surface area contributed by atoms with E-state index in [9.17, 15) is 39.6 Å². The van der Waals surface area contributed by atoms with Gasteiger partial charge in [0.2, 0.25) is 5.78 Å². The first-order valence-corrected chi connectivity index (χ1v) is 15.7. The summed E-state index contributed by atoms with van der Waals surface area (Å²) >= 11 is 0. The molecule has 1 saturated carbocycles. The SMILES string of the molecule is CN(C)c1cc(NC(=O)Nc2cccc3ccccc23)c(O)c2c1C[C@@]1(C)C[C@@]3(C)[C@H](N(C)C)C(=O)C(C(N)=O)=C(O)[C@@]3(O)C(=O)C1=C2O. The van der Waals surface area contributed by atoms with Crippen LogP contribution in [0.3, 0.4) is 0 Å². The van der Waals surface area contributed by atoms with Crippen LogP contribution in [0.2, 0.25) is 0 Å². The third-order valence-electron chi connectivity index (χ3n) is 10.4. The van der Waals surface area contributed by atoms with Gasteiger partial charge in [-0.25, -0.2) is 4.79 Å². The van der Waals surface area contributed by atoms with E-state index in [1.54, 1.807) is 58.2 Å². The molecule has 4 atom stereocenters. The number of benzene rings is 3. The first kappa shape index (κ1) is 33.5. The van der Waals surface area contributed by atoms with Crippen LogP contribution in [-0.4, -0.2) is 88.7 Å². The van der Waals surface area contributed by atoms with Crippen LogP contribution in [0.1, 0.15) is 31.4 Å². The number of amides is 3. The first-order chi connectivity index (χ1) is 22.9. The van der Waals surface area contributed by atoms with Gasteiger partial charge >= 0.3 is 6.03 Å². The topological polar surface area (TPSA) is 206 Å². The maximum absolute atomic E-state index is 14.6. The molecule has 13 heteroatoms. The minimum atomic E-state index is -2.84. The molecular weight excluding hydrogens is 630 g/mol. The number of nitrogens with zero attached hydrogens (tertiary/aromatic N) is 2. The summed E-state index contributed by atoms with van der Waals surface area (Å²) < 4.78 is 0. The van der Waals surface area contributed by atoms with Gasteiger partial charge in [0.25, 0.3) is 5.91 Å². The van der Waals surface area contributed by atoms with Crippen molar-refractivity contribution in [3.63, 3.8) is 0 Å². The molecule has 0 aliphatic heterocycles. The molecule has 3 aliphatic carbocycles. The number of carbonyl (C=O) groups excluding carboxylic acids is 4. The largest absolute Gasteiger partial charge is 0.508 e. The quantitative estimate of drug-likeness (QED) is 0.155. The van der Waals surface area contributed by atoms with E-state index in [1.807, 2.05) is 30.3 Å². The van der Waals surface area contributed by atoms with Crippen molar-refractivity contribution in [3.8, 4) is 5.75 Å². The lowest BCUT2D eigenvalue weighted by atomic mass is 9.46. The summed E-state index contributed by atoms with van der Waals surface area (Å²) in [6, 6.07) is 12.5. The molecule has 8 N–H and O–H groups in total. The Hall–Kier alpha value is -5.40. The third kappa shape index (κ3) is 4.60. The highest BCUT2D eigenvalue weighted by atomic mass is 16.3. The van der Waals surface area contributed by atoms with E-state index < -0.39 is 68.8 Å². The smallest absolute Gasteiger partial charge is 0.323 e. The van der Waals surface area contributed by atoms with Crippen molar-refractivity contribution in [2.75, 3.05) is 43.7 Å². The molecule has 0 saturated heterocycles. The Morgan fingerprint density at radius 2 is 1.57 bits per heavy atom. The maximum Gasteiger partial charge on any atom is 0.323 e. The average Bonchev–Trinajstić information content (AvgIpc) is 3.00. The van der Waals surface area contributed by atoms with Crippen LogP contribution >= 0.6 is 0 Å². The molecule has 3 aliphatic rings. The number of hydrogen-bond donors (Lipinski definition) is 7. The van der Waals surface area contributed by atoms with Gasteiger partial charge in [-0.1, -0.05) is 50.2 Å². The van der Waals surface area contributed by atoms with Crippen LogP contribution < -0.4 is 21.3 Å². The highest BCUT2D eigenvalue weighted by Crippen LogP contribution is 2.63. The van der Waals surface area contributed by atoms with Crippen LogP contribution in [0.25, 0.3) is 16.5 Å². The molecule has 0 aromatic heterocycles. The zero-order chi connectivity index (χ0) is 36.0. The van der Waals surface area contributed by atoms with E-state index in [1.165, 1.54) is 11.8 Å². The van der Waals surface area contributed by atoms with Gasteiger partial charge in [0.05, 0.1) is 23.0 Å². The van der Waals surface area contributed by atoms with E-state index in [0.717, 1.165) is 10.8 Å². The van der Waals surface area contributed by atoms with Crippen LogP contribution in [0.4, 0.5) is 21.9 Å². The summed E-state index contributed by atoms with van der Waals surface area (Å²) in [4.78, 5) is 57.1. The van der Waals surface area contributed by atoms with Crippen molar-refractivity contribution in [3.05, 3.63) is 76.6 Å². The first-order valence-electron chi connectivity index (χ1n) is 15.7. The molecule has 0 unspecified atom stereocenters. The van der Waals surface area contributed by atoms with Gasteiger partial charge in [-0.05, 0) is 50.0 Å². The molecule has 13 nitrogen and oxygen atoms in total. The monoisotopic (exact) mass is 669 g/mol. The minimum absolute atomic E-state index is 0.0597. The summed E-state index contributed by atoms with van der Waals surface area (Å²) in [6.45, 7) is 3.19. The Bertz CT molecular complexity index is 2060. The van der Waals surface area contributed by atoms with E-state index in [4.69, 9.17) is 5.73 Å². The summed E-state index contributed by atoms with van der Waals surface area (Å²) in [5.41, 5.74) is -0.215. The van der Waals surface area contributed by atoms with Gasteiger partial charge in [-0.2, -0.15) is 0 Å². The highest BCUT2D eigenvalue weighted by Gasteiger charge is 2.72. The molecule has 3 aromatic carbocycles. The van der Waals surface area contributed by atoms with Crippen molar-refractivity contribution >= 4 is 57.1 Å². The zero-order valence-corrected chi connectivity index (χ0v) is 28.0. The lowest BCUT2D eigenvalue weighted by Gasteiger charge is -2.59. The summed E-state index contributed by atoms with van der Waals surface area (Å²) in [7, 11) is 6.59. The average molecular weight is 670 g/mol. The predicted octanol–water partition coefficient (Wildman–Crippen LogP) is 3.61. The Labute approximate surface area is 282 Å². The van der Waals surface area contributed by atoms with Crippen LogP contribution in [0.15, 0.2) is 65.4 Å². The summed E-state index contributed by atoms with van der Waals surface area (Å²) in [6.07, 6.45) is -0.0446. The second-order valence-electron chi connectivity index (χ2n) is 14.1. The molecule has 256 valence electrons. The van der Waals surface area contributed by atoms with Gasteiger partial charge in [0, 0.05) is 41.6 Å². The number of carbonyl (C=O) groups is 4. The highest BCUT2D eigenvalue weighted by molar-refractivity contribution is 6.25. The van der Waals surface area contributed by atoms with Crippen LogP contribution in [0, 0.1) is 10.8 Å². The number of nitrogens with two attached hydrogens (primary N) is 1. The van der Waals surface area contributed by atoms with E-state index >= 15 is 0 Å². The number of aliphatic hydroxyl groups excluding tert-OH is 2. The maximum atomic E-state index is 14.6. The van der Waals surface area contributed by atoms with E-state index in [0.29, 0.717) is 16.9 Å². The van der Waals surface area contributed by atoms with Gasteiger partial charge in [0.1, 0.15) is 17.1 Å². The van der Waals surface area contributed by atoms with E-state index in [2.05, 4.69) is 10.6 Å². The lowest BCUT2D eigenvalue weighted by molar-refractivity contribution is -0.175. The van der Waals surface area contributed by atoms with Crippen LogP contribution in [-0.2, 0) is 20.8 Å². The minimum Gasteiger partial charge on any atom is -0.508 e. The third-order valence-corrected chi connectivity index (χ3v) is 10.4. The number of aromatic hydroxyl groups is 1. The van der Waals surface area contributed by atoms with Crippen molar-refractivity contribution in [1.29, 1.82) is 0 Å². The molecular formula is C36H39N5O8. The lowest BCUT2D eigenvalue weighted by Crippen LogP contribution is -2.72. The van der Waals surface area contributed by atoms with Crippen LogP contribution in [0.5, 0.6) is 5.75 Å². The number of hydrogen-bond acceptors (Lipinski definition) is 10. The fourth-order valence-corrected chi connectivity index (χ4v) is 8.48. The van der Waals surface area contributed by atoms with Gasteiger partial charge in [-0.3, -0.25) is 19.3 Å². The van der Waals surface area contributed by atoms with Gasteiger partial charge < -0.3 is 41.7 Å². The number of urea groups is 1. The second-order valence-corrected chi connectivity index (χ2v) is 14.1. The molecule has 0 radical (unpaired) electrons. The zero-order valence-electron chi connectivity index (χ0n) is 28.0. The van der Waals surface area contributed by atoms with E-state index in [-0.39, 0.29) is 29.7 Å². The van der Waals surface area contributed by atoms with Gasteiger partial charge in [0.15, 0.2) is 17.1 Å². The van der Waals surface area contributed by atoms with Crippen molar-refractivity contribution in [2.24, 2.45) is 16.6 Å². The number of anilines is 3. The van der Waals surface area contributed by atoms with Gasteiger partial charge in [-0.15, -0.1) is 0 Å². The molecule has 1 fully saturated rings. The molecule has 3 aromatic rings. The predicted molar refractivity (Wildman–Crippen MR) is 184 cm³/mol. The number of Topliss-reactive ketones (excluding diaryl/α,β-unsaturated/α-hetero) is 2. The Morgan fingerprint density at radius 1 is 0.939 bits per heavy atom. The fraction of sp³-hybridized carbons (Fsp3) is 0.333. The Balaban J connectivity index is 1.50. The standard InChI is InChI=1S/C36H39N5O8/c1-34-15-19-22(40(3)4)14-21(39-33(48)38-20-13-9-11-17-10-7-8-12-18(17)20)26(42)23(19)27(43)25(34)31(46)36(49)30(45)24(32(37)47)28(44)29(41(5)6)35(36,2)16-34/h7-14,29,42-43,45,49H,15-16H2,1-6H3,(H2,37,47)(H2,38,39,48)/t29-,34+,35+,36-/m1/s1. The number of phenols is 1. The molecule has 3 amide bonds. The summed E-state index contributed by atoms with van der Waals surface area (Å²) in [5, 5.41) is 54.3. The van der Waals surface area contributed by atoms with Crippen molar-refractivity contribution in [1.82, 2.24) is 4.90 Å². The number of likely N-dealkylation sites (N-methyl/N-ethyl adjacent to an activating group) is 1. The molecule has 0 bridgehead atoms. The Kier molecular flexibility index (Phi) is 7.57.